The lowest BCUT2D eigenvalue weighted by Gasteiger charge is -2.34. The number of primary amides is 1. The number of nitrogens with one attached hydrogen (secondary N) is 1. The van der Waals surface area contributed by atoms with E-state index in [4.69, 9.17) is 11.6 Å². The molecule has 0 spiro atoms. The minimum Gasteiger partial charge on any atom is -0.368 e. The second kappa shape index (κ2) is 5.87. The van der Waals surface area contributed by atoms with E-state index in [1.165, 1.54) is 6.92 Å². The van der Waals surface area contributed by atoms with E-state index in [1.807, 2.05) is 0 Å². The zero-order valence-electron chi connectivity index (χ0n) is 11.6. The first-order chi connectivity index (χ1) is 9.95. The summed E-state index contributed by atoms with van der Waals surface area (Å²) in [5, 5.41) is 11.3. The van der Waals surface area contributed by atoms with Crippen LogP contribution in [0.15, 0.2) is 0 Å². The maximum atomic E-state index is 11.6. The third-order valence-electron chi connectivity index (χ3n) is 3.45. The van der Waals surface area contributed by atoms with Crippen molar-refractivity contribution in [2.24, 2.45) is 11.6 Å². The van der Waals surface area contributed by atoms with Gasteiger partial charge < -0.3 is 10.6 Å². The average Bonchev–Trinajstić information content (AvgIpc) is 2.45. The summed E-state index contributed by atoms with van der Waals surface area (Å²) in [6, 6.07) is -0.614. The summed E-state index contributed by atoms with van der Waals surface area (Å²) < 4.78 is 0. The van der Waals surface area contributed by atoms with Gasteiger partial charge in [0.1, 0.15) is 11.7 Å². The smallest absolute Gasteiger partial charge is 0.332 e. The lowest BCUT2D eigenvalue weighted by Crippen LogP contribution is -2.48. The zero-order valence-corrected chi connectivity index (χ0v) is 11.6. The molecule has 1 fully saturated rings. The van der Waals surface area contributed by atoms with Crippen molar-refractivity contribution < 1.29 is 9.72 Å². The number of anilines is 2. The maximum Gasteiger partial charge on any atom is 0.332 e. The van der Waals surface area contributed by atoms with Crippen LogP contribution in [0.2, 0.25) is 0 Å². The van der Waals surface area contributed by atoms with Crippen molar-refractivity contribution in [3.8, 4) is 0 Å². The molecule has 0 radical (unpaired) electrons. The van der Waals surface area contributed by atoms with E-state index in [2.05, 4.69) is 15.4 Å². The van der Waals surface area contributed by atoms with Crippen molar-refractivity contribution in [2.45, 2.75) is 32.2 Å². The molecule has 21 heavy (non-hydrogen) atoms. The van der Waals surface area contributed by atoms with Gasteiger partial charge in [-0.2, -0.15) is 4.98 Å². The van der Waals surface area contributed by atoms with Crippen molar-refractivity contribution >= 4 is 23.4 Å². The third kappa shape index (κ3) is 2.84. The van der Waals surface area contributed by atoms with E-state index < -0.39 is 16.9 Å². The van der Waals surface area contributed by atoms with Gasteiger partial charge in [-0.15, -0.1) is 0 Å². The van der Waals surface area contributed by atoms with E-state index >= 15 is 0 Å². The number of aromatic nitrogens is 2. The number of hydrazine groups is 1. The van der Waals surface area contributed by atoms with Crippen LogP contribution in [0.4, 0.5) is 17.5 Å². The molecular weight excluding hydrogens is 278 g/mol. The molecule has 2 rings (SSSR count). The zero-order chi connectivity index (χ0) is 15.6. The SMILES string of the molecule is Cc1nc(NN)nc(N2CCCCC2C(N)=O)c1[N+](=O)[O-]. The summed E-state index contributed by atoms with van der Waals surface area (Å²) in [7, 11) is 0. The Morgan fingerprint density at radius 1 is 1.48 bits per heavy atom. The number of hydrogen-bond acceptors (Lipinski definition) is 8. The van der Waals surface area contributed by atoms with Gasteiger partial charge in [0.05, 0.1) is 4.92 Å². The normalized spacial score (nSPS) is 18.4. The summed E-state index contributed by atoms with van der Waals surface area (Å²) in [5.41, 5.74) is 7.60. The predicted octanol–water partition coefficient (Wildman–Crippen LogP) is -0.177. The molecule has 1 unspecified atom stereocenters. The Bertz CT molecular complexity index is 577. The van der Waals surface area contributed by atoms with Crippen molar-refractivity contribution in [1.82, 2.24) is 9.97 Å². The Morgan fingerprint density at radius 3 is 2.76 bits per heavy atom. The van der Waals surface area contributed by atoms with Crippen molar-refractivity contribution in [1.29, 1.82) is 0 Å². The Kier molecular flexibility index (Phi) is 4.17. The molecule has 5 N–H and O–H groups in total. The number of carbonyl (C=O) groups is 1. The Labute approximate surface area is 120 Å². The fourth-order valence-corrected chi connectivity index (χ4v) is 2.51. The molecule has 1 aliphatic heterocycles. The molecule has 0 bridgehead atoms. The highest BCUT2D eigenvalue weighted by Crippen LogP contribution is 2.33. The molecule has 114 valence electrons. The van der Waals surface area contributed by atoms with Gasteiger partial charge in [0.25, 0.3) is 0 Å². The largest absolute Gasteiger partial charge is 0.368 e. The predicted molar refractivity (Wildman–Crippen MR) is 75.4 cm³/mol. The summed E-state index contributed by atoms with van der Waals surface area (Å²) in [6.07, 6.45) is 2.18. The summed E-state index contributed by atoms with van der Waals surface area (Å²) in [5.74, 6) is 4.89. The number of nitrogens with two attached hydrogens (primary N) is 2. The van der Waals surface area contributed by atoms with E-state index in [-0.39, 0.29) is 23.1 Å². The molecule has 10 nitrogen and oxygen atoms in total. The molecule has 1 saturated heterocycles. The van der Waals surface area contributed by atoms with E-state index in [0.29, 0.717) is 13.0 Å². The Hall–Kier alpha value is -2.49. The van der Waals surface area contributed by atoms with Crippen molar-refractivity contribution in [3.05, 3.63) is 15.8 Å². The van der Waals surface area contributed by atoms with Crippen LogP contribution in [0.25, 0.3) is 0 Å². The van der Waals surface area contributed by atoms with Crippen LogP contribution < -0.4 is 21.9 Å². The average molecular weight is 295 g/mol. The van der Waals surface area contributed by atoms with Gasteiger partial charge in [0, 0.05) is 6.54 Å². The summed E-state index contributed by atoms with van der Waals surface area (Å²) in [4.78, 5) is 31.9. The molecule has 1 aromatic rings. The van der Waals surface area contributed by atoms with Crippen LogP contribution in [0.5, 0.6) is 0 Å². The van der Waals surface area contributed by atoms with Gasteiger partial charge in [0.15, 0.2) is 0 Å². The third-order valence-corrected chi connectivity index (χ3v) is 3.45. The summed E-state index contributed by atoms with van der Waals surface area (Å²) in [6.45, 7) is 1.96. The van der Waals surface area contributed by atoms with Gasteiger partial charge in [-0.25, -0.2) is 10.8 Å². The van der Waals surface area contributed by atoms with E-state index in [1.54, 1.807) is 4.90 Å². The molecule has 10 heteroatoms. The van der Waals surface area contributed by atoms with Crippen LogP contribution in [0, 0.1) is 17.0 Å². The molecule has 0 aromatic carbocycles. The number of carbonyl (C=O) groups excluding carboxylic acids is 1. The molecular formula is C11H17N7O3. The molecule has 1 atom stereocenters. The number of nitrogen functional groups attached to an aromatic ring is 1. The van der Waals surface area contributed by atoms with Crippen LogP contribution >= 0.6 is 0 Å². The van der Waals surface area contributed by atoms with E-state index in [9.17, 15) is 14.9 Å². The first kappa shape index (κ1) is 14.9. The van der Waals surface area contributed by atoms with Crippen LogP contribution in [-0.4, -0.2) is 33.4 Å². The monoisotopic (exact) mass is 295 g/mol. The molecule has 0 saturated carbocycles. The van der Waals surface area contributed by atoms with Gasteiger partial charge in [-0.1, -0.05) is 0 Å². The molecule has 0 aliphatic carbocycles. The number of hydrogen-bond donors (Lipinski definition) is 3. The summed E-state index contributed by atoms with van der Waals surface area (Å²) >= 11 is 0. The highest BCUT2D eigenvalue weighted by Gasteiger charge is 2.34. The molecule has 1 amide bonds. The highest BCUT2D eigenvalue weighted by atomic mass is 16.6. The van der Waals surface area contributed by atoms with Gasteiger partial charge in [-0.05, 0) is 26.2 Å². The second-order valence-electron chi connectivity index (χ2n) is 4.81. The number of nitro groups is 1. The lowest BCUT2D eigenvalue weighted by molar-refractivity contribution is -0.385. The first-order valence-electron chi connectivity index (χ1n) is 6.51. The second-order valence-corrected chi connectivity index (χ2v) is 4.81. The number of piperidine rings is 1. The van der Waals surface area contributed by atoms with Crippen LogP contribution in [0.1, 0.15) is 25.0 Å². The van der Waals surface area contributed by atoms with E-state index in [0.717, 1.165) is 12.8 Å². The minimum absolute atomic E-state index is 0.0573. The maximum absolute atomic E-state index is 11.6. The fraction of sp³-hybridized carbons (Fsp3) is 0.545. The van der Waals surface area contributed by atoms with Gasteiger partial charge in [0.2, 0.25) is 17.7 Å². The highest BCUT2D eigenvalue weighted by molar-refractivity contribution is 5.84. The number of aryl methyl sites for hydroxylation is 1. The number of rotatable bonds is 4. The minimum atomic E-state index is -0.614. The van der Waals surface area contributed by atoms with Crippen LogP contribution in [0.3, 0.4) is 0 Å². The lowest BCUT2D eigenvalue weighted by atomic mass is 10.0. The Morgan fingerprint density at radius 2 is 2.19 bits per heavy atom. The van der Waals surface area contributed by atoms with Crippen molar-refractivity contribution in [3.63, 3.8) is 0 Å². The van der Waals surface area contributed by atoms with Crippen LogP contribution in [-0.2, 0) is 4.79 Å². The standard InChI is InChI=1S/C11H17N7O3/c1-6-8(18(20)21)10(15-11(14-6)16-13)17-5-3-2-4-7(17)9(12)19/h7H,2-5,13H2,1H3,(H2,12,19)(H,14,15,16). The quantitative estimate of drug-likeness (QED) is 0.393. The first-order valence-corrected chi connectivity index (χ1v) is 6.51. The molecule has 1 aliphatic rings. The van der Waals surface area contributed by atoms with Gasteiger partial charge in [-0.3, -0.25) is 20.3 Å². The topological polar surface area (TPSA) is 153 Å². The Balaban J connectivity index is 2.56. The molecule has 1 aromatic heterocycles. The number of amides is 1. The number of nitrogens with zero attached hydrogens (tertiary/aromatic N) is 4. The fourth-order valence-electron chi connectivity index (χ4n) is 2.51. The van der Waals surface area contributed by atoms with Crippen molar-refractivity contribution in [2.75, 3.05) is 16.9 Å². The van der Waals surface area contributed by atoms with Gasteiger partial charge >= 0.3 is 5.69 Å². The molecule has 2 heterocycles.